The zero-order valence-corrected chi connectivity index (χ0v) is 10.4. The van der Waals surface area contributed by atoms with Gasteiger partial charge in [0.2, 0.25) is 5.82 Å². The zero-order chi connectivity index (χ0) is 13.1. The Hall–Kier alpha value is -1.65. The van der Waals surface area contributed by atoms with E-state index in [2.05, 4.69) is 12.2 Å². The van der Waals surface area contributed by atoms with E-state index < -0.39 is 16.4 Å². The molecular formula is C13H17FN2O2. The number of rotatable bonds is 3. The molecule has 0 saturated heterocycles. The smallest absolute Gasteiger partial charge is 0.306 e. The summed E-state index contributed by atoms with van der Waals surface area (Å²) in [4.78, 5) is 9.97. The topological polar surface area (TPSA) is 55.2 Å². The number of anilines is 1. The fraction of sp³-hybridized carbons (Fsp3) is 0.538. The minimum atomic E-state index is -0.789. The molecule has 2 unspecified atom stereocenters. The summed E-state index contributed by atoms with van der Waals surface area (Å²) in [6, 6.07) is 4.31. The van der Waals surface area contributed by atoms with Crippen LogP contribution in [0.3, 0.4) is 0 Å². The van der Waals surface area contributed by atoms with E-state index in [1.165, 1.54) is 18.9 Å². The van der Waals surface area contributed by atoms with Crippen molar-refractivity contribution in [2.75, 3.05) is 5.32 Å². The Balaban J connectivity index is 2.09. The van der Waals surface area contributed by atoms with E-state index in [-0.39, 0.29) is 0 Å². The van der Waals surface area contributed by atoms with Crippen molar-refractivity contribution in [3.05, 3.63) is 34.1 Å². The van der Waals surface area contributed by atoms with E-state index in [9.17, 15) is 14.5 Å². The van der Waals surface area contributed by atoms with E-state index in [4.69, 9.17) is 0 Å². The predicted octanol–water partition coefficient (Wildman–Crippen LogP) is 3.72. The molecule has 1 aliphatic rings. The summed E-state index contributed by atoms with van der Waals surface area (Å²) in [7, 11) is 0. The molecule has 1 aromatic rings. The lowest BCUT2D eigenvalue weighted by Gasteiger charge is -2.28. The number of hydrogen-bond donors (Lipinski definition) is 1. The van der Waals surface area contributed by atoms with E-state index in [0.717, 1.165) is 18.9 Å². The van der Waals surface area contributed by atoms with Crippen molar-refractivity contribution in [3.63, 3.8) is 0 Å². The summed E-state index contributed by atoms with van der Waals surface area (Å²) < 4.78 is 13.2. The Bertz CT molecular complexity index is 451. The van der Waals surface area contributed by atoms with Crippen molar-refractivity contribution in [1.82, 2.24) is 0 Å². The lowest BCUT2D eigenvalue weighted by molar-refractivity contribution is -0.387. The van der Waals surface area contributed by atoms with Crippen LogP contribution in [0.5, 0.6) is 0 Å². The first-order valence-corrected chi connectivity index (χ1v) is 6.26. The number of nitro benzene ring substituents is 1. The maximum atomic E-state index is 13.2. The molecule has 1 saturated carbocycles. The highest BCUT2D eigenvalue weighted by Crippen LogP contribution is 2.28. The molecule has 1 aromatic carbocycles. The second-order valence-corrected chi connectivity index (χ2v) is 5.04. The zero-order valence-electron chi connectivity index (χ0n) is 10.4. The minimum absolute atomic E-state index is 0.332. The largest absolute Gasteiger partial charge is 0.382 e. The van der Waals surface area contributed by atoms with Gasteiger partial charge in [-0.2, -0.15) is 4.39 Å². The summed E-state index contributed by atoms with van der Waals surface area (Å²) in [6.45, 7) is 2.21. The van der Waals surface area contributed by atoms with Crippen LogP contribution in [-0.4, -0.2) is 11.0 Å². The quantitative estimate of drug-likeness (QED) is 0.658. The van der Waals surface area contributed by atoms with E-state index in [1.807, 2.05) is 0 Å². The molecule has 0 radical (unpaired) electrons. The van der Waals surface area contributed by atoms with Crippen molar-refractivity contribution >= 4 is 11.4 Å². The Morgan fingerprint density at radius 2 is 2.22 bits per heavy atom. The average Bonchev–Trinajstić information content (AvgIpc) is 2.31. The second-order valence-electron chi connectivity index (χ2n) is 5.04. The van der Waals surface area contributed by atoms with Crippen LogP contribution >= 0.6 is 0 Å². The summed E-state index contributed by atoms with van der Waals surface area (Å²) >= 11 is 0. The standard InChI is InChI=1S/C13H17FN2O2/c1-9-3-2-4-10(7-9)15-11-5-6-12(14)13(8-11)16(17)18/h5-6,8-10,15H,2-4,7H2,1H3. The maximum absolute atomic E-state index is 13.2. The first kappa shape index (κ1) is 12.8. The monoisotopic (exact) mass is 252 g/mol. The van der Waals surface area contributed by atoms with Crippen LogP contribution < -0.4 is 5.32 Å². The third kappa shape index (κ3) is 2.97. The molecule has 1 aliphatic carbocycles. The lowest BCUT2D eigenvalue weighted by Crippen LogP contribution is -2.26. The minimum Gasteiger partial charge on any atom is -0.382 e. The van der Waals surface area contributed by atoms with Crippen molar-refractivity contribution < 1.29 is 9.31 Å². The number of nitro groups is 1. The van der Waals surface area contributed by atoms with Crippen LogP contribution in [0.1, 0.15) is 32.6 Å². The van der Waals surface area contributed by atoms with Gasteiger partial charge in [-0.05, 0) is 30.9 Å². The Morgan fingerprint density at radius 1 is 1.44 bits per heavy atom. The number of nitrogens with zero attached hydrogens (tertiary/aromatic N) is 1. The summed E-state index contributed by atoms with van der Waals surface area (Å²) in [5.41, 5.74) is 0.158. The van der Waals surface area contributed by atoms with Crippen LogP contribution in [-0.2, 0) is 0 Å². The molecule has 5 heteroatoms. The van der Waals surface area contributed by atoms with Crippen LogP contribution in [0.2, 0.25) is 0 Å². The van der Waals surface area contributed by atoms with Crippen LogP contribution in [0, 0.1) is 21.8 Å². The van der Waals surface area contributed by atoms with Crippen LogP contribution in [0.15, 0.2) is 18.2 Å². The molecule has 0 bridgehead atoms. The Morgan fingerprint density at radius 3 is 2.89 bits per heavy atom. The molecule has 1 N–H and O–H groups in total. The molecule has 18 heavy (non-hydrogen) atoms. The highest BCUT2D eigenvalue weighted by Gasteiger charge is 2.20. The van der Waals surface area contributed by atoms with Gasteiger partial charge in [-0.25, -0.2) is 0 Å². The van der Waals surface area contributed by atoms with Crippen molar-refractivity contribution in [1.29, 1.82) is 0 Å². The number of hydrogen-bond acceptors (Lipinski definition) is 3. The molecule has 0 aliphatic heterocycles. The number of halogens is 1. The molecule has 98 valence electrons. The molecule has 2 rings (SSSR count). The molecule has 4 nitrogen and oxygen atoms in total. The van der Waals surface area contributed by atoms with Gasteiger partial charge < -0.3 is 5.32 Å². The third-order valence-electron chi connectivity index (χ3n) is 3.45. The molecule has 2 atom stereocenters. The molecular weight excluding hydrogens is 235 g/mol. The molecule has 0 aromatic heterocycles. The number of benzene rings is 1. The Kier molecular flexibility index (Phi) is 3.79. The summed E-state index contributed by atoms with van der Waals surface area (Å²) in [5.74, 6) is -0.116. The van der Waals surface area contributed by atoms with Crippen molar-refractivity contribution in [3.8, 4) is 0 Å². The summed E-state index contributed by atoms with van der Waals surface area (Å²) in [5, 5.41) is 13.9. The van der Waals surface area contributed by atoms with Gasteiger partial charge in [-0.1, -0.05) is 19.8 Å². The molecule has 0 spiro atoms. The van der Waals surface area contributed by atoms with Crippen LogP contribution in [0.4, 0.5) is 15.8 Å². The van der Waals surface area contributed by atoms with Crippen LogP contribution in [0.25, 0.3) is 0 Å². The van der Waals surface area contributed by atoms with Gasteiger partial charge in [0, 0.05) is 17.8 Å². The Labute approximate surface area is 105 Å². The van der Waals surface area contributed by atoms with Crippen molar-refractivity contribution in [2.24, 2.45) is 5.92 Å². The SMILES string of the molecule is CC1CCCC(Nc2ccc(F)c([N+](=O)[O-])c2)C1. The number of nitrogens with one attached hydrogen (secondary N) is 1. The first-order chi connectivity index (χ1) is 8.56. The van der Waals surface area contributed by atoms with E-state index in [0.29, 0.717) is 17.6 Å². The molecule has 0 heterocycles. The molecule has 0 amide bonds. The van der Waals surface area contributed by atoms with E-state index >= 15 is 0 Å². The van der Waals surface area contributed by atoms with Gasteiger partial charge in [0.15, 0.2) is 0 Å². The van der Waals surface area contributed by atoms with Gasteiger partial charge in [-0.3, -0.25) is 10.1 Å². The first-order valence-electron chi connectivity index (χ1n) is 6.26. The fourth-order valence-corrected chi connectivity index (χ4v) is 2.54. The highest BCUT2D eigenvalue weighted by atomic mass is 19.1. The second kappa shape index (κ2) is 5.33. The summed E-state index contributed by atoms with van der Waals surface area (Å²) in [6.07, 6.45) is 4.53. The van der Waals surface area contributed by atoms with E-state index in [1.54, 1.807) is 6.07 Å². The van der Waals surface area contributed by atoms with Gasteiger partial charge in [-0.15, -0.1) is 0 Å². The van der Waals surface area contributed by atoms with Crippen molar-refractivity contribution in [2.45, 2.75) is 38.6 Å². The highest BCUT2D eigenvalue weighted by molar-refractivity contribution is 5.52. The average molecular weight is 252 g/mol. The maximum Gasteiger partial charge on any atom is 0.306 e. The third-order valence-corrected chi connectivity index (χ3v) is 3.45. The van der Waals surface area contributed by atoms with Gasteiger partial charge in [0.25, 0.3) is 0 Å². The lowest BCUT2D eigenvalue weighted by atomic mass is 9.87. The van der Waals surface area contributed by atoms with Gasteiger partial charge >= 0.3 is 5.69 Å². The fourth-order valence-electron chi connectivity index (χ4n) is 2.54. The predicted molar refractivity (Wildman–Crippen MR) is 68.1 cm³/mol. The normalized spacial score (nSPS) is 23.7. The van der Waals surface area contributed by atoms with Gasteiger partial charge in [0.1, 0.15) is 0 Å². The molecule has 1 fully saturated rings. The van der Waals surface area contributed by atoms with Gasteiger partial charge in [0.05, 0.1) is 4.92 Å².